The lowest BCUT2D eigenvalue weighted by Crippen LogP contribution is -2.36. The molecule has 0 bridgehead atoms. The largest absolute Gasteiger partial charge is 0.481 e. The molecule has 1 saturated heterocycles. The number of oxazole rings is 1. The Hall–Kier alpha value is -2.61. The number of methoxy groups -OCH3 is 1. The Morgan fingerprint density at radius 2 is 2.17 bits per heavy atom. The van der Waals surface area contributed by atoms with Gasteiger partial charge in [0.05, 0.1) is 26.9 Å². The summed E-state index contributed by atoms with van der Waals surface area (Å²) < 4.78 is 21.3. The zero-order valence-electron chi connectivity index (χ0n) is 13.7. The Kier molecular flexibility index (Phi) is 4.95. The van der Waals surface area contributed by atoms with E-state index in [9.17, 15) is 4.79 Å². The Morgan fingerprint density at radius 3 is 2.88 bits per heavy atom. The van der Waals surface area contributed by atoms with Crippen LogP contribution in [0.5, 0.6) is 5.88 Å². The third kappa shape index (κ3) is 3.48. The number of fused-ring (bicyclic) bond motifs is 1. The van der Waals surface area contributed by atoms with Crippen molar-refractivity contribution in [1.29, 1.82) is 0 Å². The third-order valence-corrected chi connectivity index (χ3v) is 3.52. The van der Waals surface area contributed by atoms with E-state index < -0.39 is 5.97 Å². The zero-order chi connectivity index (χ0) is 16.9. The second-order valence-corrected chi connectivity index (χ2v) is 5.09. The van der Waals surface area contributed by atoms with Crippen LogP contribution < -0.4 is 9.64 Å². The van der Waals surface area contributed by atoms with Gasteiger partial charge in [0.25, 0.3) is 6.01 Å². The molecule has 128 valence electrons. The van der Waals surface area contributed by atoms with Gasteiger partial charge in [0, 0.05) is 24.7 Å². The minimum Gasteiger partial charge on any atom is -0.481 e. The number of rotatable bonds is 5. The zero-order valence-corrected chi connectivity index (χ0v) is 13.7. The molecule has 0 unspecified atom stereocenters. The second kappa shape index (κ2) is 7.31. The van der Waals surface area contributed by atoms with Crippen molar-refractivity contribution in [3.05, 3.63) is 17.7 Å². The molecule has 1 aliphatic rings. The van der Waals surface area contributed by atoms with E-state index in [1.807, 2.05) is 4.90 Å². The van der Waals surface area contributed by atoms with E-state index >= 15 is 0 Å². The molecule has 0 radical (unpaired) electrons. The summed E-state index contributed by atoms with van der Waals surface area (Å²) in [4.78, 5) is 22.2. The molecule has 8 nitrogen and oxygen atoms in total. The predicted molar refractivity (Wildman–Crippen MR) is 87.1 cm³/mol. The van der Waals surface area contributed by atoms with Crippen LogP contribution in [0.3, 0.4) is 0 Å². The van der Waals surface area contributed by atoms with Gasteiger partial charge >= 0.3 is 5.97 Å². The molecule has 0 aliphatic carbocycles. The number of ether oxygens (including phenoxy) is 3. The molecule has 3 heterocycles. The molecule has 2 aromatic rings. The lowest BCUT2D eigenvalue weighted by atomic mass is 10.2. The van der Waals surface area contributed by atoms with Crippen molar-refractivity contribution in [3.63, 3.8) is 0 Å². The Bertz CT molecular complexity index is 749. The molecule has 8 heteroatoms. The molecule has 24 heavy (non-hydrogen) atoms. The Labute approximate surface area is 139 Å². The van der Waals surface area contributed by atoms with E-state index in [2.05, 4.69) is 9.97 Å². The quantitative estimate of drug-likeness (QED) is 0.603. The Balaban J connectivity index is 1.90. The first-order chi connectivity index (χ1) is 11.7. The molecular formula is C16H19N3O5. The van der Waals surface area contributed by atoms with Gasteiger partial charge in [0.15, 0.2) is 5.58 Å². The molecule has 2 aromatic heterocycles. The highest BCUT2D eigenvalue weighted by atomic mass is 16.5. The highest BCUT2D eigenvalue weighted by Crippen LogP contribution is 2.27. The number of anilines is 1. The van der Waals surface area contributed by atoms with Gasteiger partial charge in [-0.05, 0) is 19.1 Å². The van der Waals surface area contributed by atoms with Gasteiger partial charge in [-0.15, -0.1) is 0 Å². The van der Waals surface area contributed by atoms with Crippen LogP contribution >= 0.6 is 0 Å². The molecule has 0 amide bonds. The van der Waals surface area contributed by atoms with E-state index in [4.69, 9.17) is 18.6 Å². The SMILES string of the molecule is CCOC(=O)/C=C/c1cc2oc(N3CCOCC3)nc2nc1OC. The average molecular weight is 333 g/mol. The van der Waals surface area contributed by atoms with Crippen LogP contribution in [-0.2, 0) is 14.3 Å². The van der Waals surface area contributed by atoms with Crippen molar-refractivity contribution in [3.8, 4) is 5.88 Å². The summed E-state index contributed by atoms with van der Waals surface area (Å²) in [5, 5.41) is 0. The minimum absolute atomic E-state index is 0.322. The summed E-state index contributed by atoms with van der Waals surface area (Å²) in [7, 11) is 1.51. The highest BCUT2D eigenvalue weighted by Gasteiger charge is 2.19. The predicted octanol–water partition coefficient (Wildman–Crippen LogP) is 1.64. The Morgan fingerprint density at radius 1 is 1.38 bits per heavy atom. The van der Waals surface area contributed by atoms with E-state index in [-0.39, 0.29) is 0 Å². The molecule has 0 N–H and O–H groups in total. The van der Waals surface area contributed by atoms with Crippen molar-refractivity contribution >= 4 is 29.3 Å². The number of hydrogen-bond donors (Lipinski definition) is 0. The average Bonchev–Trinajstić information content (AvgIpc) is 3.03. The summed E-state index contributed by atoms with van der Waals surface area (Å²) in [6.07, 6.45) is 2.91. The summed E-state index contributed by atoms with van der Waals surface area (Å²) in [5.41, 5.74) is 1.60. The smallest absolute Gasteiger partial charge is 0.330 e. The van der Waals surface area contributed by atoms with Crippen LogP contribution in [0.15, 0.2) is 16.6 Å². The van der Waals surface area contributed by atoms with Crippen LogP contribution in [0.1, 0.15) is 12.5 Å². The number of esters is 1. The van der Waals surface area contributed by atoms with Gasteiger partial charge in [-0.2, -0.15) is 9.97 Å². The summed E-state index contributed by atoms with van der Waals surface area (Å²) >= 11 is 0. The van der Waals surface area contributed by atoms with E-state index in [0.29, 0.717) is 48.5 Å². The molecule has 0 spiro atoms. The fourth-order valence-corrected chi connectivity index (χ4v) is 2.37. The topological polar surface area (TPSA) is 86.9 Å². The normalized spacial score (nSPS) is 15.2. The summed E-state index contributed by atoms with van der Waals surface area (Å²) in [6.45, 7) is 4.80. The first-order valence-corrected chi connectivity index (χ1v) is 7.74. The van der Waals surface area contributed by atoms with E-state index in [1.54, 1.807) is 19.1 Å². The number of hydrogen-bond acceptors (Lipinski definition) is 8. The second-order valence-electron chi connectivity index (χ2n) is 5.09. The first kappa shape index (κ1) is 16.3. The van der Waals surface area contributed by atoms with Gasteiger partial charge in [-0.3, -0.25) is 0 Å². The molecular weight excluding hydrogens is 314 g/mol. The molecule has 0 saturated carbocycles. The van der Waals surface area contributed by atoms with Crippen LogP contribution in [0, 0.1) is 0 Å². The highest BCUT2D eigenvalue weighted by molar-refractivity contribution is 5.88. The number of carbonyl (C=O) groups is 1. The van der Waals surface area contributed by atoms with Gasteiger partial charge < -0.3 is 23.5 Å². The lowest BCUT2D eigenvalue weighted by molar-refractivity contribution is -0.137. The van der Waals surface area contributed by atoms with Crippen molar-refractivity contribution in [1.82, 2.24) is 9.97 Å². The van der Waals surface area contributed by atoms with Gasteiger partial charge in [-0.25, -0.2) is 4.79 Å². The minimum atomic E-state index is -0.425. The molecule has 0 atom stereocenters. The maximum Gasteiger partial charge on any atom is 0.330 e. The first-order valence-electron chi connectivity index (χ1n) is 7.74. The van der Waals surface area contributed by atoms with Crippen molar-refractivity contribution < 1.29 is 23.4 Å². The van der Waals surface area contributed by atoms with Crippen LogP contribution in [0.2, 0.25) is 0 Å². The molecule has 3 rings (SSSR count). The van der Waals surface area contributed by atoms with Gasteiger partial charge in [-0.1, -0.05) is 0 Å². The summed E-state index contributed by atoms with van der Waals surface area (Å²) in [5.74, 6) is -0.0592. The fraction of sp³-hybridized carbons (Fsp3) is 0.438. The number of aromatic nitrogens is 2. The maximum atomic E-state index is 11.5. The van der Waals surface area contributed by atoms with E-state index in [0.717, 1.165) is 13.1 Å². The van der Waals surface area contributed by atoms with Crippen LogP contribution in [0.25, 0.3) is 17.3 Å². The number of nitrogens with zero attached hydrogens (tertiary/aromatic N) is 3. The van der Waals surface area contributed by atoms with Crippen molar-refractivity contribution in [2.75, 3.05) is 44.9 Å². The number of pyridine rings is 1. The maximum absolute atomic E-state index is 11.5. The fourth-order valence-electron chi connectivity index (χ4n) is 2.37. The molecule has 0 aromatic carbocycles. The third-order valence-electron chi connectivity index (χ3n) is 3.52. The van der Waals surface area contributed by atoms with Crippen LogP contribution in [0.4, 0.5) is 6.01 Å². The lowest BCUT2D eigenvalue weighted by Gasteiger charge is -2.24. The van der Waals surface area contributed by atoms with Gasteiger partial charge in [0.2, 0.25) is 11.5 Å². The van der Waals surface area contributed by atoms with Crippen molar-refractivity contribution in [2.45, 2.75) is 6.92 Å². The summed E-state index contributed by atoms with van der Waals surface area (Å²) in [6, 6.07) is 2.25. The van der Waals surface area contributed by atoms with Gasteiger partial charge in [0.1, 0.15) is 0 Å². The standard InChI is InChI=1S/C16H19N3O5/c1-3-23-13(20)5-4-11-10-12-14(17-15(11)21-2)18-16(24-12)19-6-8-22-9-7-19/h4-5,10H,3,6-9H2,1-2H3/b5-4+. The number of morpholine rings is 1. The van der Waals surface area contributed by atoms with Crippen molar-refractivity contribution in [2.24, 2.45) is 0 Å². The number of carbonyl (C=O) groups excluding carboxylic acids is 1. The monoisotopic (exact) mass is 333 g/mol. The molecule has 1 aliphatic heterocycles. The van der Waals surface area contributed by atoms with E-state index in [1.165, 1.54) is 13.2 Å². The van der Waals surface area contributed by atoms with Crippen LogP contribution in [-0.4, -0.2) is 56.0 Å². The molecule has 1 fully saturated rings.